The predicted octanol–water partition coefficient (Wildman–Crippen LogP) is 1.32. The molecule has 0 fully saturated rings. The molecule has 0 aromatic heterocycles. The van der Waals surface area contributed by atoms with E-state index in [1.54, 1.807) is 6.92 Å². The van der Waals surface area contributed by atoms with Crippen LogP contribution >= 0.6 is 0 Å². The summed E-state index contributed by atoms with van der Waals surface area (Å²) in [5.74, 6) is 5.36. The lowest BCUT2D eigenvalue weighted by molar-refractivity contribution is -0.384. The third-order valence-electron chi connectivity index (χ3n) is 1.93. The van der Waals surface area contributed by atoms with Crippen LogP contribution in [-0.2, 0) is 0 Å². The molecule has 1 aromatic rings. The van der Waals surface area contributed by atoms with Crippen molar-refractivity contribution in [3.05, 3.63) is 34.4 Å². The zero-order chi connectivity index (χ0) is 12.1. The van der Waals surface area contributed by atoms with Crippen LogP contribution < -0.4 is 11.2 Å². The molecule has 0 bridgehead atoms. The van der Waals surface area contributed by atoms with Gasteiger partial charge < -0.3 is 5.32 Å². The van der Waals surface area contributed by atoms with Crippen molar-refractivity contribution in [2.24, 2.45) is 5.84 Å². The van der Waals surface area contributed by atoms with E-state index in [0.717, 1.165) is 5.01 Å². The maximum Gasteiger partial charge on any atom is 0.335 e. The van der Waals surface area contributed by atoms with Gasteiger partial charge in [-0.3, -0.25) is 15.1 Å². The number of nitrogens with two attached hydrogens (primary N) is 1. The Morgan fingerprint density at radius 3 is 2.50 bits per heavy atom. The molecule has 2 amide bonds. The Hall–Kier alpha value is -2.15. The van der Waals surface area contributed by atoms with Crippen LogP contribution in [0.2, 0.25) is 0 Å². The molecular formula is C9H12N4O3. The molecule has 0 aliphatic rings. The van der Waals surface area contributed by atoms with Gasteiger partial charge in [0, 0.05) is 24.4 Å². The lowest BCUT2D eigenvalue weighted by atomic mass is 10.3. The third kappa shape index (κ3) is 2.92. The molecule has 0 unspecified atom stereocenters. The molecule has 1 rings (SSSR count). The van der Waals surface area contributed by atoms with Crippen LogP contribution in [0.3, 0.4) is 0 Å². The quantitative estimate of drug-likeness (QED) is 0.350. The van der Waals surface area contributed by atoms with Crippen LogP contribution in [0, 0.1) is 10.1 Å². The number of urea groups is 1. The highest BCUT2D eigenvalue weighted by atomic mass is 16.6. The van der Waals surface area contributed by atoms with Crippen LogP contribution in [0.25, 0.3) is 0 Å². The summed E-state index contributed by atoms with van der Waals surface area (Å²) >= 11 is 0. The number of nitrogens with one attached hydrogen (secondary N) is 1. The van der Waals surface area contributed by atoms with Gasteiger partial charge in [0.15, 0.2) is 0 Å². The standard InChI is InChI=1S/C9H12N4O3/c1-2-12(10)9(14)11-7-3-5-8(6-4-7)13(15)16/h3-6H,2,10H2,1H3,(H,11,14). The molecule has 0 aliphatic carbocycles. The molecule has 7 heteroatoms. The number of anilines is 1. The Morgan fingerprint density at radius 1 is 1.50 bits per heavy atom. The number of hydrogen-bond acceptors (Lipinski definition) is 4. The maximum absolute atomic E-state index is 11.3. The van der Waals surface area contributed by atoms with Crippen molar-refractivity contribution in [3.8, 4) is 0 Å². The van der Waals surface area contributed by atoms with Crippen molar-refractivity contribution in [2.45, 2.75) is 6.92 Å². The van der Waals surface area contributed by atoms with E-state index in [4.69, 9.17) is 5.84 Å². The summed E-state index contributed by atoms with van der Waals surface area (Å²) in [6.07, 6.45) is 0. The van der Waals surface area contributed by atoms with Gasteiger partial charge in [0.25, 0.3) is 5.69 Å². The van der Waals surface area contributed by atoms with Crippen LogP contribution in [0.1, 0.15) is 6.92 Å². The molecule has 0 spiro atoms. The number of rotatable bonds is 3. The molecule has 86 valence electrons. The number of amides is 2. The number of nitro benzene ring substituents is 1. The number of nitro groups is 1. The molecule has 0 saturated heterocycles. The lowest BCUT2D eigenvalue weighted by Crippen LogP contribution is -2.40. The summed E-state index contributed by atoms with van der Waals surface area (Å²) in [5.41, 5.74) is 0.428. The first-order valence-corrected chi connectivity index (χ1v) is 4.62. The summed E-state index contributed by atoms with van der Waals surface area (Å²) in [7, 11) is 0. The maximum atomic E-state index is 11.3. The number of nitrogens with zero attached hydrogens (tertiary/aromatic N) is 2. The molecule has 0 radical (unpaired) electrons. The first-order chi connectivity index (χ1) is 7.54. The van der Waals surface area contributed by atoms with Gasteiger partial charge in [0.2, 0.25) is 0 Å². The van der Waals surface area contributed by atoms with Crippen molar-refractivity contribution in [1.82, 2.24) is 5.01 Å². The molecule has 0 heterocycles. The van der Waals surface area contributed by atoms with Crippen molar-refractivity contribution >= 4 is 17.4 Å². The number of non-ortho nitro benzene ring substituents is 1. The second-order valence-corrected chi connectivity index (χ2v) is 3.02. The van der Waals surface area contributed by atoms with Crippen LogP contribution in [0.5, 0.6) is 0 Å². The molecule has 7 nitrogen and oxygen atoms in total. The minimum absolute atomic E-state index is 0.0295. The molecule has 0 saturated carbocycles. The van der Waals surface area contributed by atoms with E-state index in [9.17, 15) is 14.9 Å². The van der Waals surface area contributed by atoms with Crippen molar-refractivity contribution in [1.29, 1.82) is 0 Å². The van der Waals surface area contributed by atoms with E-state index in [1.165, 1.54) is 24.3 Å². The Bertz CT molecular complexity index is 390. The molecule has 16 heavy (non-hydrogen) atoms. The monoisotopic (exact) mass is 224 g/mol. The second kappa shape index (κ2) is 5.08. The zero-order valence-electron chi connectivity index (χ0n) is 8.71. The highest BCUT2D eigenvalue weighted by Gasteiger charge is 2.08. The van der Waals surface area contributed by atoms with E-state index >= 15 is 0 Å². The summed E-state index contributed by atoms with van der Waals surface area (Å²) in [5, 5.41) is 13.9. The van der Waals surface area contributed by atoms with E-state index in [0.29, 0.717) is 12.2 Å². The fraction of sp³-hybridized carbons (Fsp3) is 0.222. The smallest absolute Gasteiger partial charge is 0.307 e. The first kappa shape index (κ1) is 11.9. The van der Waals surface area contributed by atoms with Gasteiger partial charge >= 0.3 is 6.03 Å². The minimum atomic E-state index is -0.507. The Morgan fingerprint density at radius 2 is 2.06 bits per heavy atom. The lowest BCUT2D eigenvalue weighted by Gasteiger charge is -2.14. The van der Waals surface area contributed by atoms with Gasteiger partial charge in [-0.25, -0.2) is 10.6 Å². The van der Waals surface area contributed by atoms with Crippen LogP contribution in [-0.4, -0.2) is 22.5 Å². The van der Waals surface area contributed by atoms with Gasteiger partial charge in [-0.05, 0) is 19.1 Å². The Kier molecular flexibility index (Phi) is 3.78. The average Bonchev–Trinajstić information content (AvgIpc) is 2.28. The van der Waals surface area contributed by atoms with E-state index in [1.807, 2.05) is 0 Å². The Balaban J connectivity index is 2.69. The molecule has 3 N–H and O–H groups in total. The van der Waals surface area contributed by atoms with Crippen molar-refractivity contribution in [2.75, 3.05) is 11.9 Å². The summed E-state index contributed by atoms with van der Waals surface area (Å²) in [4.78, 5) is 21.2. The van der Waals surface area contributed by atoms with Crippen LogP contribution in [0.15, 0.2) is 24.3 Å². The van der Waals surface area contributed by atoms with Gasteiger partial charge in [0.05, 0.1) is 4.92 Å². The van der Waals surface area contributed by atoms with E-state index in [-0.39, 0.29) is 5.69 Å². The summed E-state index contributed by atoms with van der Waals surface area (Å²) < 4.78 is 0. The predicted molar refractivity (Wildman–Crippen MR) is 58.7 cm³/mol. The SMILES string of the molecule is CCN(N)C(=O)Nc1ccc([N+](=O)[O-])cc1. The fourth-order valence-electron chi connectivity index (χ4n) is 1.01. The van der Waals surface area contributed by atoms with Gasteiger partial charge in [-0.1, -0.05) is 0 Å². The second-order valence-electron chi connectivity index (χ2n) is 3.02. The van der Waals surface area contributed by atoms with E-state index < -0.39 is 11.0 Å². The average molecular weight is 224 g/mol. The number of carbonyl (C=O) groups excluding carboxylic acids is 1. The highest BCUT2D eigenvalue weighted by molar-refractivity contribution is 5.88. The number of benzene rings is 1. The zero-order valence-corrected chi connectivity index (χ0v) is 8.71. The first-order valence-electron chi connectivity index (χ1n) is 4.62. The fourth-order valence-corrected chi connectivity index (χ4v) is 1.01. The molecule has 0 aliphatic heterocycles. The highest BCUT2D eigenvalue weighted by Crippen LogP contribution is 2.15. The van der Waals surface area contributed by atoms with Crippen molar-refractivity contribution < 1.29 is 9.72 Å². The molecule has 0 atom stereocenters. The van der Waals surface area contributed by atoms with Crippen molar-refractivity contribution in [3.63, 3.8) is 0 Å². The summed E-state index contributed by atoms with van der Waals surface area (Å²) in [6.45, 7) is 2.11. The molecular weight excluding hydrogens is 212 g/mol. The van der Waals surface area contributed by atoms with Gasteiger partial charge in [-0.2, -0.15) is 0 Å². The Labute approximate surface area is 92.0 Å². The van der Waals surface area contributed by atoms with Gasteiger partial charge in [0.1, 0.15) is 0 Å². The van der Waals surface area contributed by atoms with E-state index in [2.05, 4.69) is 5.32 Å². The van der Waals surface area contributed by atoms with Crippen LogP contribution in [0.4, 0.5) is 16.2 Å². The summed E-state index contributed by atoms with van der Waals surface area (Å²) in [6, 6.07) is 5.04. The largest absolute Gasteiger partial charge is 0.335 e. The molecule has 1 aromatic carbocycles. The van der Waals surface area contributed by atoms with Gasteiger partial charge in [-0.15, -0.1) is 0 Å². The normalized spacial score (nSPS) is 9.62. The minimum Gasteiger partial charge on any atom is -0.307 e. The number of hydrogen-bond donors (Lipinski definition) is 2. The number of hydrazine groups is 1. The third-order valence-corrected chi connectivity index (χ3v) is 1.93. The number of carbonyl (C=O) groups is 1. The topological polar surface area (TPSA) is 102 Å².